The van der Waals surface area contributed by atoms with Crippen LogP contribution in [0, 0.1) is 11.8 Å². The first-order chi connectivity index (χ1) is 9.06. The smallest absolute Gasteiger partial charge is 0.154 e. The van der Waals surface area contributed by atoms with Crippen molar-refractivity contribution in [3.8, 4) is 0 Å². The lowest BCUT2D eigenvalue weighted by atomic mass is 9.85. The molecule has 0 spiro atoms. The van der Waals surface area contributed by atoms with Gasteiger partial charge in [0.15, 0.2) is 6.29 Å². The molecular weight excluding hydrogens is 244 g/mol. The average molecular weight is 274 g/mol. The molecule has 0 heterocycles. The second-order valence-corrected chi connectivity index (χ2v) is 5.99. The molecule has 1 rings (SSSR count). The molecule has 4 nitrogen and oxygen atoms in total. The van der Waals surface area contributed by atoms with E-state index in [2.05, 4.69) is 13.8 Å². The first kappa shape index (κ1) is 16.9. The van der Waals surface area contributed by atoms with Gasteiger partial charge in [0.05, 0.1) is 18.8 Å². The summed E-state index contributed by atoms with van der Waals surface area (Å²) >= 11 is 0. The predicted octanol–water partition coefficient (Wildman–Crippen LogP) is 2.59. The maximum atomic E-state index is 9.77. The third-order valence-corrected chi connectivity index (χ3v) is 3.96. The lowest BCUT2D eigenvalue weighted by molar-refractivity contribution is -0.132. The third kappa shape index (κ3) is 6.21. The van der Waals surface area contributed by atoms with Gasteiger partial charge in [-0.1, -0.05) is 13.8 Å². The van der Waals surface area contributed by atoms with Gasteiger partial charge in [0.2, 0.25) is 0 Å². The molecule has 19 heavy (non-hydrogen) atoms. The van der Waals surface area contributed by atoms with E-state index in [-0.39, 0.29) is 12.2 Å². The Bertz CT molecular complexity index is 232. The van der Waals surface area contributed by atoms with E-state index in [1.807, 2.05) is 0 Å². The van der Waals surface area contributed by atoms with Crippen LogP contribution in [0.3, 0.4) is 0 Å². The minimum atomic E-state index is -0.622. The lowest BCUT2D eigenvalue weighted by Gasteiger charge is -2.34. The van der Waals surface area contributed by atoms with E-state index in [0.717, 1.165) is 32.1 Å². The summed E-state index contributed by atoms with van der Waals surface area (Å²) in [6.45, 7) is 4.93. The number of aliphatic hydroxyl groups is 1. The Hall–Kier alpha value is -0.160. The normalized spacial score (nSPS) is 29.7. The van der Waals surface area contributed by atoms with Crippen LogP contribution in [0.15, 0.2) is 0 Å². The van der Waals surface area contributed by atoms with Gasteiger partial charge in [-0.3, -0.25) is 0 Å². The summed E-state index contributed by atoms with van der Waals surface area (Å²) in [6, 6.07) is 0. The minimum Gasteiger partial charge on any atom is -0.379 e. The van der Waals surface area contributed by atoms with E-state index < -0.39 is 6.29 Å². The van der Waals surface area contributed by atoms with Gasteiger partial charge in [-0.2, -0.15) is 0 Å². The number of aliphatic hydroxyl groups excluding tert-OH is 1. The highest BCUT2D eigenvalue weighted by Crippen LogP contribution is 2.28. The fourth-order valence-corrected chi connectivity index (χ4v) is 2.66. The molecule has 0 aliphatic heterocycles. The summed E-state index contributed by atoms with van der Waals surface area (Å²) in [5.41, 5.74) is 0. The molecule has 1 aliphatic rings. The van der Waals surface area contributed by atoms with Gasteiger partial charge in [-0.15, -0.1) is 0 Å². The zero-order valence-electron chi connectivity index (χ0n) is 12.8. The largest absolute Gasteiger partial charge is 0.379 e. The SMILES string of the molecule is COC1CCC(COC(O)CCC(C)C)CC1OC. The number of methoxy groups -OCH3 is 2. The van der Waals surface area contributed by atoms with Crippen LogP contribution in [0.4, 0.5) is 0 Å². The van der Waals surface area contributed by atoms with Crippen LogP contribution < -0.4 is 0 Å². The van der Waals surface area contributed by atoms with Gasteiger partial charge >= 0.3 is 0 Å². The first-order valence-electron chi connectivity index (χ1n) is 7.42. The van der Waals surface area contributed by atoms with Crippen molar-refractivity contribution in [1.29, 1.82) is 0 Å². The Balaban J connectivity index is 2.23. The van der Waals surface area contributed by atoms with Crippen molar-refractivity contribution in [2.45, 2.75) is 64.4 Å². The maximum absolute atomic E-state index is 9.77. The predicted molar refractivity (Wildman–Crippen MR) is 75.0 cm³/mol. The molecule has 0 bridgehead atoms. The van der Waals surface area contributed by atoms with Crippen molar-refractivity contribution in [2.75, 3.05) is 20.8 Å². The van der Waals surface area contributed by atoms with Gasteiger partial charge < -0.3 is 19.3 Å². The molecule has 4 heteroatoms. The summed E-state index contributed by atoms with van der Waals surface area (Å²) in [5, 5.41) is 9.77. The van der Waals surface area contributed by atoms with Crippen molar-refractivity contribution in [3.63, 3.8) is 0 Å². The van der Waals surface area contributed by atoms with Crippen LogP contribution in [0.25, 0.3) is 0 Å². The summed E-state index contributed by atoms with van der Waals surface area (Å²) in [4.78, 5) is 0. The van der Waals surface area contributed by atoms with Crippen molar-refractivity contribution in [3.05, 3.63) is 0 Å². The van der Waals surface area contributed by atoms with E-state index >= 15 is 0 Å². The van der Waals surface area contributed by atoms with E-state index in [1.165, 1.54) is 0 Å². The van der Waals surface area contributed by atoms with E-state index in [4.69, 9.17) is 14.2 Å². The number of hydrogen-bond donors (Lipinski definition) is 1. The first-order valence-corrected chi connectivity index (χ1v) is 7.42. The van der Waals surface area contributed by atoms with Gasteiger partial charge in [-0.05, 0) is 43.9 Å². The lowest BCUT2D eigenvalue weighted by Crippen LogP contribution is -2.38. The van der Waals surface area contributed by atoms with Crippen LogP contribution in [0.1, 0.15) is 46.0 Å². The molecule has 0 radical (unpaired) electrons. The van der Waals surface area contributed by atoms with Crippen LogP contribution in [0.5, 0.6) is 0 Å². The molecule has 0 saturated heterocycles. The van der Waals surface area contributed by atoms with Gasteiger partial charge in [0.25, 0.3) is 0 Å². The summed E-state index contributed by atoms with van der Waals surface area (Å²) < 4.78 is 16.4. The molecule has 0 aromatic carbocycles. The van der Waals surface area contributed by atoms with Gasteiger partial charge in [0, 0.05) is 14.2 Å². The fourth-order valence-electron chi connectivity index (χ4n) is 2.66. The molecule has 1 N–H and O–H groups in total. The van der Waals surface area contributed by atoms with Crippen molar-refractivity contribution in [1.82, 2.24) is 0 Å². The molecular formula is C15H30O4. The molecule has 1 fully saturated rings. The van der Waals surface area contributed by atoms with Crippen molar-refractivity contribution >= 4 is 0 Å². The average Bonchev–Trinajstić information content (AvgIpc) is 2.42. The maximum Gasteiger partial charge on any atom is 0.154 e. The monoisotopic (exact) mass is 274 g/mol. The molecule has 4 atom stereocenters. The van der Waals surface area contributed by atoms with E-state index in [1.54, 1.807) is 14.2 Å². The molecule has 1 aliphatic carbocycles. The van der Waals surface area contributed by atoms with Gasteiger partial charge in [0.1, 0.15) is 0 Å². The number of ether oxygens (including phenoxy) is 3. The highest BCUT2D eigenvalue weighted by atomic mass is 16.6. The van der Waals surface area contributed by atoms with Crippen LogP contribution in [-0.2, 0) is 14.2 Å². The quantitative estimate of drug-likeness (QED) is 0.691. The summed E-state index contributed by atoms with van der Waals surface area (Å²) in [7, 11) is 3.47. The minimum absolute atomic E-state index is 0.153. The van der Waals surface area contributed by atoms with Gasteiger partial charge in [-0.25, -0.2) is 0 Å². The zero-order valence-corrected chi connectivity index (χ0v) is 12.8. The highest BCUT2D eigenvalue weighted by molar-refractivity contribution is 4.81. The van der Waals surface area contributed by atoms with Crippen LogP contribution in [0.2, 0.25) is 0 Å². The third-order valence-electron chi connectivity index (χ3n) is 3.96. The molecule has 0 amide bonds. The Morgan fingerprint density at radius 3 is 2.32 bits per heavy atom. The zero-order chi connectivity index (χ0) is 14.3. The highest BCUT2D eigenvalue weighted by Gasteiger charge is 2.30. The molecule has 0 aromatic rings. The summed E-state index contributed by atoms with van der Waals surface area (Å²) in [6.07, 6.45) is 4.49. The molecule has 0 aromatic heterocycles. The van der Waals surface area contributed by atoms with Crippen molar-refractivity contribution in [2.24, 2.45) is 11.8 Å². The Kier molecular flexibility index (Phi) is 7.91. The summed E-state index contributed by atoms with van der Waals surface area (Å²) in [5.74, 6) is 1.07. The second-order valence-electron chi connectivity index (χ2n) is 5.99. The second kappa shape index (κ2) is 8.90. The van der Waals surface area contributed by atoms with Crippen molar-refractivity contribution < 1.29 is 19.3 Å². The fraction of sp³-hybridized carbons (Fsp3) is 1.00. The molecule has 1 saturated carbocycles. The molecule has 4 unspecified atom stereocenters. The van der Waals surface area contributed by atoms with Crippen LogP contribution >= 0.6 is 0 Å². The standard InChI is InChI=1S/C15H30O4/c1-11(2)5-8-15(16)19-10-12-6-7-13(17-3)14(9-12)18-4/h11-16H,5-10H2,1-4H3. The number of hydrogen-bond acceptors (Lipinski definition) is 4. The Labute approximate surface area is 117 Å². The Morgan fingerprint density at radius 2 is 1.74 bits per heavy atom. The Morgan fingerprint density at radius 1 is 1.05 bits per heavy atom. The molecule has 114 valence electrons. The topological polar surface area (TPSA) is 47.9 Å². The number of rotatable bonds is 8. The van der Waals surface area contributed by atoms with E-state index in [9.17, 15) is 5.11 Å². The van der Waals surface area contributed by atoms with Crippen LogP contribution in [-0.4, -0.2) is 44.4 Å². The van der Waals surface area contributed by atoms with E-state index in [0.29, 0.717) is 18.4 Å².